The SMILES string of the molecule is COC1CC(NC2C3CN(C(=O)OC(C)(C)C)CC32)C1. The number of hydrogen-bond acceptors (Lipinski definition) is 4. The molecule has 3 fully saturated rings. The minimum absolute atomic E-state index is 0.161. The third-order valence-electron chi connectivity index (χ3n) is 4.70. The number of amides is 1. The van der Waals surface area contributed by atoms with Crippen LogP contribution in [0, 0.1) is 11.8 Å². The van der Waals surface area contributed by atoms with Gasteiger partial charge in [-0.25, -0.2) is 4.79 Å². The molecule has 0 aromatic heterocycles. The number of methoxy groups -OCH3 is 1. The summed E-state index contributed by atoms with van der Waals surface area (Å²) in [5, 5.41) is 3.71. The van der Waals surface area contributed by atoms with E-state index in [-0.39, 0.29) is 6.09 Å². The van der Waals surface area contributed by atoms with Crippen molar-refractivity contribution in [2.45, 2.75) is 57.4 Å². The molecule has 5 heteroatoms. The lowest BCUT2D eigenvalue weighted by Gasteiger charge is -2.35. The summed E-state index contributed by atoms with van der Waals surface area (Å²) in [4.78, 5) is 13.8. The molecule has 114 valence electrons. The van der Waals surface area contributed by atoms with Crippen molar-refractivity contribution in [2.75, 3.05) is 20.2 Å². The first-order valence-electron chi connectivity index (χ1n) is 7.64. The van der Waals surface area contributed by atoms with Gasteiger partial charge in [0, 0.05) is 32.3 Å². The summed E-state index contributed by atoms with van der Waals surface area (Å²) in [6, 6.07) is 1.22. The molecule has 1 saturated heterocycles. The highest BCUT2D eigenvalue weighted by Gasteiger charge is 2.58. The standard InChI is InChI=1S/C15H26N2O3/c1-15(2,3)20-14(18)17-7-11-12(8-17)13(11)16-9-5-10(6-9)19-4/h9-13,16H,5-8H2,1-4H3. The summed E-state index contributed by atoms with van der Waals surface area (Å²) in [5.41, 5.74) is -0.400. The highest BCUT2D eigenvalue weighted by Crippen LogP contribution is 2.46. The normalized spacial score (nSPS) is 39.2. The Bertz CT molecular complexity index is 375. The van der Waals surface area contributed by atoms with E-state index in [4.69, 9.17) is 9.47 Å². The molecule has 20 heavy (non-hydrogen) atoms. The van der Waals surface area contributed by atoms with Crippen LogP contribution in [0.15, 0.2) is 0 Å². The van der Waals surface area contributed by atoms with Gasteiger partial charge in [-0.15, -0.1) is 0 Å². The van der Waals surface area contributed by atoms with Crippen LogP contribution in [0.3, 0.4) is 0 Å². The molecule has 0 radical (unpaired) electrons. The fourth-order valence-corrected chi connectivity index (χ4v) is 3.42. The smallest absolute Gasteiger partial charge is 0.410 e. The molecule has 2 unspecified atom stereocenters. The van der Waals surface area contributed by atoms with Crippen LogP contribution in [0.2, 0.25) is 0 Å². The van der Waals surface area contributed by atoms with Gasteiger partial charge in [0.15, 0.2) is 0 Å². The predicted molar refractivity (Wildman–Crippen MR) is 75.5 cm³/mol. The molecule has 1 aliphatic heterocycles. The maximum atomic E-state index is 12.0. The maximum Gasteiger partial charge on any atom is 0.410 e. The fraction of sp³-hybridized carbons (Fsp3) is 0.933. The molecule has 2 atom stereocenters. The first-order chi connectivity index (χ1) is 9.37. The average Bonchev–Trinajstić information content (AvgIpc) is 2.74. The number of rotatable bonds is 3. The molecule has 0 aromatic carbocycles. The number of fused-ring (bicyclic) bond motifs is 1. The molecule has 2 aliphatic carbocycles. The minimum atomic E-state index is -0.400. The van der Waals surface area contributed by atoms with Crippen molar-refractivity contribution in [3.05, 3.63) is 0 Å². The van der Waals surface area contributed by atoms with E-state index in [2.05, 4.69) is 5.32 Å². The van der Waals surface area contributed by atoms with Crippen LogP contribution >= 0.6 is 0 Å². The van der Waals surface area contributed by atoms with E-state index in [1.165, 1.54) is 0 Å². The average molecular weight is 282 g/mol. The largest absolute Gasteiger partial charge is 0.444 e. The van der Waals surface area contributed by atoms with Crippen molar-refractivity contribution in [1.82, 2.24) is 10.2 Å². The van der Waals surface area contributed by atoms with E-state index < -0.39 is 5.60 Å². The van der Waals surface area contributed by atoms with E-state index in [0.717, 1.165) is 25.9 Å². The van der Waals surface area contributed by atoms with Gasteiger partial charge in [0.1, 0.15) is 5.60 Å². The zero-order valence-electron chi connectivity index (χ0n) is 12.9. The summed E-state index contributed by atoms with van der Waals surface area (Å²) >= 11 is 0. The monoisotopic (exact) mass is 282 g/mol. The van der Waals surface area contributed by atoms with Crippen LogP contribution in [0.25, 0.3) is 0 Å². The van der Waals surface area contributed by atoms with Crippen molar-refractivity contribution in [1.29, 1.82) is 0 Å². The van der Waals surface area contributed by atoms with Gasteiger partial charge in [0.2, 0.25) is 0 Å². The van der Waals surface area contributed by atoms with Gasteiger partial charge < -0.3 is 19.7 Å². The maximum absolute atomic E-state index is 12.0. The zero-order chi connectivity index (χ0) is 14.5. The van der Waals surface area contributed by atoms with Gasteiger partial charge in [-0.2, -0.15) is 0 Å². The van der Waals surface area contributed by atoms with Crippen LogP contribution in [0.5, 0.6) is 0 Å². The minimum Gasteiger partial charge on any atom is -0.444 e. The molecule has 2 saturated carbocycles. The van der Waals surface area contributed by atoms with Crippen LogP contribution in [0.1, 0.15) is 33.6 Å². The highest BCUT2D eigenvalue weighted by molar-refractivity contribution is 5.69. The summed E-state index contributed by atoms with van der Waals surface area (Å²) in [7, 11) is 1.78. The molecular weight excluding hydrogens is 256 g/mol. The van der Waals surface area contributed by atoms with E-state index in [1.807, 2.05) is 25.7 Å². The Morgan fingerprint density at radius 3 is 2.30 bits per heavy atom. The molecule has 3 aliphatic rings. The van der Waals surface area contributed by atoms with Gasteiger partial charge in [0.05, 0.1) is 6.10 Å². The van der Waals surface area contributed by atoms with E-state index in [9.17, 15) is 4.79 Å². The summed E-state index contributed by atoms with van der Waals surface area (Å²) in [6.45, 7) is 7.42. The van der Waals surface area contributed by atoms with Crippen molar-refractivity contribution in [2.24, 2.45) is 11.8 Å². The van der Waals surface area contributed by atoms with Gasteiger partial charge in [0.25, 0.3) is 0 Å². The van der Waals surface area contributed by atoms with E-state index in [1.54, 1.807) is 7.11 Å². The number of piperidine rings is 1. The topological polar surface area (TPSA) is 50.8 Å². The lowest BCUT2D eigenvalue weighted by Crippen LogP contribution is -2.48. The number of hydrogen-bond donors (Lipinski definition) is 1. The first kappa shape index (κ1) is 14.1. The van der Waals surface area contributed by atoms with Crippen LogP contribution in [-0.4, -0.2) is 55.0 Å². The second-order valence-electron chi connectivity index (χ2n) is 7.43. The molecule has 5 nitrogen and oxygen atoms in total. The number of nitrogens with zero attached hydrogens (tertiary/aromatic N) is 1. The van der Waals surface area contributed by atoms with Crippen molar-refractivity contribution < 1.29 is 14.3 Å². The zero-order valence-corrected chi connectivity index (χ0v) is 12.9. The summed E-state index contributed by atoms with van der Waals surface area (Å²) in [6.07, 6.45) is 2.54. The molecule has 1 amide bonds. The predicted octanol–water partition coefficient (Wildman–Crippen LogP) is 1.62. The van der Waals surface area contributed by atoms with Gasteiger partial charge in [-0.1, -0.05) is 0 Å². The third kappa shape index (κ3) is 2.79. The van der Waals surface area contributed by atoms with Crippen molar-refractivity contribution in [3.63, 3.8) is 0 Å². The Labute approximate surface area is 121 Å². The lowest BCUT2D eigenvalue weighted by molar-refractivity contribution is 0.0144. The molecule has 0 bridgehead atoms. The van der Waals surface area contributed by atoms with Crippen LogP contribution in [0.4, 0.5) is 4.79 Å². The fourth-order valence-electron chi connectivity index (χ4n) is 3.42. The third-order valence-corrected chi connectivity index (χ3v) is 4.70. The van der Waals surface area contributed by atoms with E-state index in [0.29, 0.717) is 30.0 Å². The second kappa shape index (κ2) is 4.88. The Morgan fingerprint density at radius 2 is 1.80 bits per heavy atom. The molecule has 0 spiro atoms. The summed E-state index contributed by atoms with van der Waals surface area (Å²) in [5.74, 6) is 1.26. The molecule has 1 heterocycles. The molecule has 1 N–H and O–H groups in total. The van der Waals surface area contributed by atoms with Crippen molar-refractivity contribution in [3.8, 4) is 0 Å². The molecule has 0 aromatic rings. The van der Waals surface area contributed by atoms with Gasteiger partial charge >= 0.3 is 6.09 Å². The Morgan fingerprint density at radius 1 is 1.20 bits per heavy atom. The number of carbonyl (C=O) groups is 1. The Hall–Kier alpha value is -0.810. The van der Waals surface area contributed by atoms with Gasteiger partial charge in [-0.3, -0.25) is 0 Å². The quantitative estimate of drug-likeness (QED) is 0.854. The van der Waals surface area contributed by atoms with Crippen LogP contribution in [-0.2, 0) is 9.47 Å². The number of nitrogens with one attached hydrogen (secondary N) is 1. The highest BCUT2D eigenvalue weighted by atomic mass is 16.6. The summed E-state index contributed by atoms with van der Waals surface area (Å²) < 4.78 is 10.7. The van der Waals surface area contributed by atoms with Gasteiger partial charge in [-0.05, 0) is 45.4 Å². The molecular formula is C15H26N2O3. The number of carbonyl (C=O) groups excluding carboxylic acids is 1. The van der Waals surface area contributed by atoms with E-state index >= 15 is 0 Å². The number of ether oxygens (including phenoxy) is 2. The Kier molecular flexibility index (Phi) is 3.45. The molecule has 3 rings (SSSR count). The first-order valence-corrected chi connectivity index (χ1v) is 7.64. The van der Waals surface area contributed by atoms with Crippen molar-refractivity contribution >= 4 is 6.09 Å². The van der Waals surface area contributed by atoms with Crippen LogP contribution < -0.4 is 5.32 Å². The number of likely N-dealkylation sites (tertiary alicyclic amines) is 1. The Balaban J connectivity index is 1.39. The second-order valence-corrected chi connectivity index (χ2v) is 7.43. The lowest BCUT2D eigenvalue weighted by atomic mass is 9.89.